The van der Waals surface area contributed by atoms with Gasteiger partial charge in [-0.05, 0) is 73.9 Å². The standard InChI is InChI=1S/C29H40Cl2O3S/c1-4-7-13-32-20-25-18-24(34-14-8-5-2)19-29(35-25)22-10-11-26(30)23(17-22)15-21-9-12-28(33-6-3)27(31)16-21/h9-12,16-17,24-25,29H,4-8,13-15,18-20H2,1-3H3/t24-,25-,29+/m0/s1. The van der Waals surface area contributed by atoms with E-state index in [1.54, 1.807) is 0 Å². The predicted octanol–water partition coefficient (Wildman–Crippen LogP) is 8.92. The van der Waals surface area contributed by atoms with Crippen LogP contribution in [0.2, 0.25) is 10.0 Å². The van der Waals surface area contributed by atoms with Gasteiger partial charge in [0.1, 0.15) is 5.75 Å². The molecule has 0 aliphatic carbocycles. The second-order valence-electron chi connectivity index (χ2n) is 9.22. The van der Waals surface area contributed by atoms with Crippen molar-refractivity contribution in [1.29, 1.82) is 0 Å². The Morgan fingerprint density at radius 3 is 2.46 bits per heavy atom. The Balaban J connectivity index is 1.73. The summed E-state index contributed by atoms with van der Waals surface area (Å²) in [6.45, 7) is 9.44. The average Bonchev–Trinajstić information content (AvgIpc) is 2.85. The summed E-state index contributed by atoms with van der Waals surface area (Å²) in [5.74, 6) is 0.720. The first-order valence-electron chi connectivity index (χ1n) is 13.1. The van der Waals surface area contributed by atoms with Gasteiger partial charge in [0.15, 0.2) is 0 Å². The molecule has 2 aromatic rings. The van der Waals surface area contributed by atoms with Crippen LogP contribution in [0.25, 0.3) is 0 Å². The van der Waals surface area contributed by atoms with Crippen molar-refractivity contribution in [3.63, 3.8) is 0 Å². The lowest BCUT2D eigenvalue weighted by Gasteiger charge is -2.35. The van der Waals surface area contributed by atoms with Gasteiger partial charge in [-0.15, -0.1) is 11.8 Å². The highest BCUT2D eigenvalue weighted by molar-refractivity contribution is 8.00. The van der Waals surface area contributed by atoms with Crippen molar-refractivity contribution >= 4 is 35.0 Å². The Kier molecular flexibility index (Phi) is 12.6. The van der Waals surface area contributed by atoms with E-state index in [4.69, 9.17) is 37.4 Å². The van der Waals surface area contributed by atoms with Crippen molar-refractivity contribution in [3.05, 3.63) is 63.1 Å². The van der Waals surface area contributed by atoms with Crippen LogP contribution >= 0.6 is 35.0 Å². The summed E-state index contributed by atoms with van der Waals surface area (Å²) in [6, 6.07) is 12.5. The number of hydrogen-bond donors (Lipinski definition) is 0. The molecule has 0 unspecified atom stereocenters. The number of hydrogen-bond acceptors (Lipinski definition) is 4. The van der Waals surface area contributed by atoms with Gasteiger partial charge in [-0.25, -0.2) is 0 Å². The quantitative estimate of drug-likeness (QED) is 0.224. The molecule has 1 heterocycles. The van der Waals surface area contributed by atoms with Gasteiger partial charge in [-0.2, -0.15) is 0 Å². The molecular weight excluding hydrogens is 499 g/mol. The van der Waals surface area contributed by atoms with Gasteiger partial charge in [0.05, 0.1) is 24.3 Å². The smallest absolute Gasteiger partial charge is 0.137 e. The molecule has 0 aromatic heterocycles. The van der Waals surface area contributed by atoms with Gasteiger partial charge >= 0.3 is 0 Å². The van der Waals surface area contributed by atoms with Crippen LogP contribution in [0.5, 0.6) is 5.75 Å². The SMILES string of the molecule is CCCCOC[C@@H]1C[C@H](OCCCC)C[C@H](c2ccc(Cl)c(Cc3ccc(OCC)c(Cl)c3)c2)S1. The van der Waals surface area contributed by atoms with Crippen molar-refractivity contribution in [2.75, 3.05) is 26.4 Å². The molecule has 194 valence electrons. The number of thioether (sulfide) groups is 1. The lowest BCUT2D eigenvalue weighted by atomic mass is 9.97. The second-order valence-corrected chi connectivity index (χ2v) is 11.5. The van der Waals surface area contributed by atoms with E-state index >= 15 is 0 Å². The molecule has 3 rings (SSSR count). The molecule has 0 radical (unpaired) electrons. The molecule has 1 fully saturated rings. The van der Waals surface area contributed by atoms with Crippen LogP contribution < -0.4 is 4.74 Å². The van der Waals surface area contributed by atoms with E-state index in [-0.39, 0.29) is 6.10 Å². The summed E-state index contributed by atoms with van der Waals surface area (Å²) >= 11 is 15.1. The van der Waals surface area contributed by atoms with Gasteiger partial charge in [-0.3, -0.25) is 0 Å². The molecular formula is C29H40Cl2O3S. The molecule has 2 aromatic carbocycles. The summed E-state index contributed by atoms with van der Waals surface area (Å²) in [7, 11) is 0. The normalized spacial score (nSPS) is 20.2. The summed E-state index contributed by atoms with van der Waals surface area (Å²) in [5, 5.41) is 2.24. The summed E-state index contributed by atoms with van der Waals surface area (Å²) in [4.78, 5) is 0. The van der Waals surface area contributed by atoms with Crippen molar-refractivity contribution in [1.82, 2.24) is 0 Å². The number of unbranched alkanes of at least 4 members (excludes halogenated alkanes) is 2. The predicted molar refractivity (Wildman–Crippen MR) is 151 cm³/mol. The second kappa shape index (κ2) is 15.4. The molecule has 1 saturated heterocycles. The molecule has 3 nitrogen and oxygen atoms in total. The highest BCUT2D eigenvalue weighted by Gasteiger charge is 2.31. The Labute approximate surface area is 226 Å². The zero-order valence-electron chi connectivity index (χ0n) is 21.4. The van der Waals surface area contributed by atoms with Gasteiger partial charge in [0.2, 0.25) is 0 Å². The fourth-order valence-electron chi connectivity index (χ4n) is 4.36. The summed E-state index contributed by atoms with van der Waals surface area (Å²) in [6.07, 6.45) is 7.64. The van der Waals surface area contributed by atoms with Gasteiger partial charge in [0.25, 0.3) is 0 Å². The molecule has 35 heavy (non-hydrogen) atoms. The van der Waals surface area contributed by atoms with Gasteiger partial charge < -0.3 is 14.2 Å². The third kappa shape index (κ3) is 9.16. The maximum atomic E-state index is 6.64. The van der Waals surface area contributed by atoms with Gasteiger partial charge in [0, 0.05) is 28.7 Å². The van der Waals surface area contributed by atoms with Crippen LogP contribution in [0.15, 0.2) is 36.4 Å². The van der Waals surface area contributed by atoms with E-state index in [1.165, 1.54) is 5.56 Å². The van der Waals surface area contributed by atoms with E-state index in [0.717, 1.165) is 86.7 Å². The van der Waals surface area contributed by atoms with Crippen molar-refractivity contribution in [2.24, 2.45) is 0 Å². The van der Waals surface area contributed by atoms with Crippen molar-refractivity contribution < 1.29 is 14.2 Å². The monoisotopic (exact) mass is 538 g/mol. The van der Waals surface area contributed by atoms with Crippen molar-refractivity contribution in [2.45, 2.75) is 82.3 Å². The van der Waals surface area contributed by atoms with Crippen LogP contribution in [0, 0.1) is 0 Å². The zero-order chi connectivity index (χ0) is 25.0. The molecule has 3 atom stereocenters. The number of halogens is 2. The van der Waals surface area contributed by atoms with Crippen LogP contribution in [-0.2, 0) is 15.9 Å². The highest BCUT2D eigenvalue weighted by atomic mass is 35.5. The molecule has 6 heteroatoms. The minimum absolute atomic E-state index is 0.275. The van der Waals surface area contributed by atoms with E-state index < -0.39 is 0 Å². The van der Waals surface area contributed by atoms with E-state index in [0.29, 0.717) is 22.1 Å². The molecule has 1 aliphatic rings. The first-order valence-corrected chi connectivity index (χ1v) is 14.8. The maximum Gasteiger partial charge on any atom is 0.137 e. The average molecular weight is 540 g/mol. The third-order valence-corrected chi connectivity index (χ3v) is 8.46. The minimum atomic E-state index is 0.275. The Morgan fingerprint density at radius 2 is 1.71 bits per heavy atom. The Morgan fingerprint density at radius 1 is 0.914 bits per heavy atom. The Bertz CT molecular complexity index is 907. The van der Waals surface area contributed by atoms with E-state index in [9.17, 15) is 0 Å². The molecule has 0 bridgehead atoms. The number of ether oxygens (including phenoxy) is 3. The van der Waals surface area contributed by atoms with Gasteiger partial charge in [-0.1, -0.05) is 68.1 Å². The summed E-state index contributed by atoms with van der Waals surface area (Å²) < 4.78 is 17.9. The highest BCUT2D eigenvalue weighted by Crippen LogP contribution is 2.44. The van der Waals surface area contributed by atoms with Crippen molar-refractivity contribution in [3.8, 4) is 5.75 Å². The largest absolute Gasteiger partial charge is 0.492 e. The maximum absolute atomic E-state index is 6.64. The van der Waals surface area contributed by atoms with Crippen LogP contribution in [-0.4, -0.2) is 37.8 Å². The molecule has 0 spiro atoms. The molecule has 0 N–H and O–H groups in total. The van der Waals surface area contributed by atoms with Crippen LogP contribution in [0.1, 0.15) is 81.2 Å². The van der Waals surface area contributed by atoms with E-state index in [1.807, 2.05) is 36.9 Å². The number of benzene rings is 2. The minimum Gasteiger partial charge on any atom is -0.492 e. The fraction of sp³-hybridized carbons (Fsp3) is 0.586. The first kappa shape index (κ1) is 28.7. The first-order chi connectivity index (χ1) is 17.0. The summed E-state index contributed by atoms with van der Waals surface area (Å²) in [5.41, 5.74) is 3.56. The lowest BCUT2D eigenvalue weighted by Crippen LogP contribution is -2.30. The van der Waals surface area contributed by atoms with Crippen LogP contribution in [0.3, 0.4) is 0 Å². The topological polar surface area (TPSA) is 27.7 Å². The molecule has 0 saturated carbocycles. The zero-order valence-corrected chi connectivity index (χ0v) is 23.7. The molecule has 0 amide bonds. The lowest BCUT2D eigenvalue weighted by molar-refractivity contribution is 0.0283. The van der Waals surface area contributed by atoms with Crippen LogP contribution in [0.4, 0.5) is 0 Å². The Hall–Kier alpha value is -0.910. The molecule has 1 aliphatic heterocycles. The fourth-order valence-corrected chi connectivity index (χ4v) is 6.40. The third-order valence-electron chi connectivity index (χ3n) is 6.29. The van der Waals surface area contributed by atoms with E-state index in [2.05, 4.69) is 32.0 Å². The number of rotatable bonds is 14.